The maximum atomic E-state index is 14.9. The zero-order valence-corrected chi connectivity index (χ0v) is 21.0. The third-order valence-electron chi connectivity index (χ3n) is 6.70. The normalized spacial score (nSPS) is 13.7. The lowest BCUT2D eigenvalue weighted by atomic mass is 10.1. The quantitative estimate of drug-likeness (QED) is 0.324. The molecule has 1 saturated heterocycles. The van der Waals surface area contributed by atoms with Gasteiger partial charge in [0.05, 0.1) is 24.1 Å². The van der Waals surface area contributed by atoms with Gasteiger partial charge in [-0.3, -0.25) is 4.79 Å². The maximum absolute atomic E-state index is 14.9. The number of benzene rings is 3. The van der Waals surface area contributed by atoms with Gasteiger partial charge in [-0.1, -0.05) is 29.8 Å². The van der Waals surface area contributed by atoms with Crippen LogP contribution in [0.2, 0.25) is 5.02 Å². The second-order valence-corrected chi connectivity index (χ2v) is 9.24. The average Bonchev–Trinajstić information content (AvgIpc) is 3.25. The number of halogens is 2. The Kier molecular flexibility index (Phi) is 6.70. The number of nitrogens with zero attached hydrogens (tertiary/aromatic N) is 3. The van der Waals surface area contributed by atoms with Crippen molar-refractivity contribution in [2.24, 2.45) is 0 Å². The third kappa shape index (κ3) is 4.56. The SMILES string of the molecule is COc1ccc(-c2cc(C(=O)N3CCN(c4cccc(Cl)c4)CC3)c(C)n2-c2ccccc2F)cc1. The van der Waals surface area contributed by atoms with E-state index in [0.717, 1.165) is 22.7 Å². The summed E-state index contributed by atoms with van der Waals surface area (Å²) >= 11 is 6.16. The molecule has 1 aliphatic heterocycles. The third-order valence-corrected chi connectivity index (χ3v) is 6.93. The number of methoxy groups -OCH3 is 1. The molecular formula is C29H27ClFN3O2. The molecule has 0 unspecified atom stereocenters. The summed E-state index contributed by atoms with van der Waals surface area (Å²) in [5.41, 5.74) is 4.35. The van der Waals surface area contributed by atoms with Crippen molar-refractivity contribution >= 4 is 23.2 Å². The fraction of sp³-hybridized carbons (Fsp3) is 0.207. The van der Waals surface area contributed by atoms with E-state index >= 15 is 0 Å². The van der Waals surface area contributed by atoms with Gasteiger partial charge < -0.3 is 19.1 Å². The van der Waals surface area contributed by atoms with E-state index in [1.54, 1.807) is 25.3 Å². The van der Waals surface area contributed by atoms with E-state index in [1.165, 1.54) is 6.07 Å². The van der Waals surface area contributed by atoms with E-state index in [-0.39, 0.29) is 11.7 Å². The first-order valence-electron chi connectivity index (χ1n) is 11.9. The molecule has 0 radical (unpaired) electrons. The molecule has 0 N–H and O–H groups in total. The van der Waals surface area contributed by atoms with Gasteiger partial charge in [-0.2, -0.15) is 0 Å². The summed E-state index contributed by atoms with van der Waals surface area (Å²) in [5.74, 6) is 0.330. The van der Waals surface area contributed by atoms with Crippen molar-refractivity contribution in [2.45, 2.75) is 6.92 Å². The Labute approximate surface area is 215 Å². The van der Waals surface area contributed by atoms with Crippen LogP contribution in [0.1, 0.15) is 16.1 Å². The Morgan fingerprint density at radius 2 is 1.64 bits per heavy atom. The number of carbonyl (C=O) groups is 1. The van der Waals surface area contributed by atoms with Crippen LogP contribution in [0.15, 0.2) is 78.9 Å². The minimum atomic E-state index is -0.347. The van der Waals surface area contributed by atoms with E-state index < -0.39 is 0 Å². The van der Waals surface area contributed by atoms with Crippen LogP contribution < -0.4 is 9.64 Å². The molecule has 0 saturated carbocycles. The van der Waals surface area contributed by atoms with Gasteiger partial charge >= 0.3 is 0 Å². The molecule has 1 amide bonds. The molecule has 0 bridgehead atoms. The highest BCUT2D eigenvalue weighted by atomic mass is 35.5. The van der Waals surface area contributed by atoms with Gasteiger partial charge in [0.25, 0.3) is 5.91 Å². The summed E-state index contributed by atoms with van der Waals surface area (Å²) in [7, 11) is 1.62. The highest BCUT2D eigenvalue weighted by molar-refractivity contribution is 6.30. The lowest BCUT2D eigenvalue weighted by molar-refractivity contribution is 0.0746. The van der Waals surface area contributed by atoms with Gasteiger partial charge in [-0.15, -0.1) is 0 Å². The van der Waals surface area contributed by atoms with Gasteiger partial charge in [0.1, 0.15) is 11.6 Å². The first kappa shape index (κ1) is 23.9. The highest BCUT2D eigenvalue weighted by Gasteiger charge is 2.27. The molecule has 7 heteroatoms. The van der Waals surface area contributed by atoms with Crippen LogP contribution in [0.5, 0.6) is 5.75 Å². The van der Waals surface area contributed by atoms with Crippen LogP contribution in [0.4, 0.5) is 10.1 Å². The Morgan fingerprint density at radius 3 is 2.31 bits per heavy atom. The van der Waals surface area contributed by atoms with Crippen LogP contribution >= 0.6 is 11.6 Å². The summed E-state index contributed by atoms with van der Waals surface area (Å²) in [6.45, 7) is 4.48. The van der Waals surface area contributed by atoms with Crippen molar-refractivity contribution in [2.75, 3.05) is 38.2 Å². The number of rotatable bonds is 5. The predicted molar refractivity (Wildman–Crippen MR) is 142 cm³/mol. The molecular weight excluding hydrogens is 477 g/mol. The summed E-state index contributed by atoms with van der Waals surface area (Å²) < 4.78 is 22.0. The summed E-state index contributed by atoms with van der Waals surface area (Å²) in [5, 5.41) is 0.696. The van der Waals surface area contributed by atoms with Crippen LogP contribution in [-0.2, 0) is 0 Å². The number of anilines is 1. The number of carbonyl (C=O) groups excluding carboxylic acids is 1. The lowest BCUT2D eigenvalue weighted by Gasteiger charge is -2.36. The average molecular weight is 504 g/mol. The smallest absolute Gasteiger partial charge is 0.255 e. The first-order valence-corrected chi connectivity index (χ1v) is 12.3. The largest absolute Gasteiger partial charge is 0.497 e. The van der Waals surface area contributed by atoms with E-state index in [1.807, 2.05) is 71.0 Å². The number of ether oxygens (including phenoxy) is 1. The minimum absolute atomic E-state index is 0.0527. The van der Waals surface area contributed by atoms with Crippen LogP contribution in [-0.4, -0.2) is 48.7 Å². The Morgan fingerprint density at radius 1 is 0.917 bits per heavy atom. The molecule has 2 heterocycles. The van der Waals surface area contributed by atoms with Gasteiger partial charge in [0, 0.05) is 42.6 Å². The number of aromatic nitrogens is 1. The van der Waals surface area contributed by atoms with Gasteiger partial charge in [-0.05, 0) is 73.2 Å². The number of amides is 1. The van der Waals surface area contributed by atoms with Crippen molar-refractivity contribution in [3.05, 3.63) is 101 Å². The second-order valence-electron chi connectivity index (χ2n) is 8.80. The molecule has 0 aliphatic carbocycles. The van der Waals surface area contributed by atoms with Crippen LogP contribution in [0, 0.1) is 12.7 Å². The summed E-state index contributed by atoms with van der Waals surface area (Å²) in [6.07, 6.45) is 0. The van der Waals surface area contributed by atoms with Crippen molar-refractivity contribution in [1.29, 1.82) is 0 Å². The predicted octanol–water partition coefficient (Wildman–Crippen LogP) is 6.22. The number of hydrogen-bond donors (Lipinski definition) is 0. The van der Waals surface area contributed by atoms with E-state index in [9.17, 15) is 9.18 Å². The molecule has 1 aromatic heterocycles. The molecule has 4 aromatic rings. The standard InChI is InChI=1S/C29H27ClFN3O2/c1-20-25(29(35)33-16-14-32(15-17-33)23-7-5-6-22(30)18-23)19-28(21-10-12-24(36-2)13-11-21)34(20)27-9-4-3-8-26(27)31/h3-13,18-19H,14-17H2,1-2H3. The molecule has 3 aromatic carbocycles. The second kappa shape index (κ2) is 10.1. The van der Waals surface area contributed by atoms with Crippen LogP contribution in [0.3, 0.4) is 0 Å². The highest BCUT2D eigenvalue weighted by Crippen LogP contribution is 2.32. The van der Waals surface area contributed by atoms with Crippen molar-refractivity contribution in [1.82, 2.24) is 9.47 Å². The Balaban J connectivity index is 1.47. The van der Waals surface area contributed by atoms with Crippen molar-refractivity contribution < 1.29 is 13.9 Å². The zero-order valence-electron chi connectivity index (χ0n) is 20.2. The molecule has 36 heavy (non-hydrogen) atoms. The summed E-state index contributed by atoms with van der Waals surface area (Å²) in [4.78, 5) is 17.8. The monoisotopic (exact) mass is 503 g/mol. The number of para-hydroxylation sites is 1. The van der Waals surface area contributed by atoms with Gasteiger partial charge in [-0.25, -0.2) is 4.39 Å². The minimum Gasteiger partial charge on any atom is -0.497 e. The molecule has 184 valence electrons. The number of piperazine rings is 1. The molecule has 0 spiro atoms. The Bertz CT molecular complexity index is 1390. The van der Waals surface area contributed by atoms with E-state index in [2.05, 4.69) is 4.90 Å². The van der Waals surface area contributed by atoms with Crippen molar-refractivity contribution in [3.8, 4) is 22.7 Å². The van der Waals surface area contributed by atoms with Crippen LogP contribution in [0.25, 0.3) is 16.9 Å². The fourth-order valence-electron chi connectivity index (χ4n) is 4.75. The number of hydrogen-bond acceptors (Lipinski definition) is 3. The zero-order chi connectivity index (χ0) is 25.2. The molecule has 5 rings (SSSR count). The molecule has 0 atom stereocenters. The molecule has 5 nitrogen and oxygen atoms in total. The maximum Gasteiger partial charge on any atom is 0.255 e. The van der Waals surface area contributed by atoms with Gasteiger partial charge in [0.2, 0.25) is 0 Å². The van der Waals surface area contributed by atoms with E-state index in [0.29, 0.717) is 48.1 Å². The van der Waals surface area contributed by atoms with Crippen molar-refractivity contribution in [3.63, 3.8) is 0 Å². The fourth-order valence-corrected chi connectivity index (χ4v) is 4.94. The van der Waals surface area contributed by atoms with E-state index in [4.69, 9.17) is 16.3 Å². The lowest BCUT2D eigenvalue weighted by Crippen LogP contribution is -2.48. The topological polar surface area (TPSA) is 37.7 Å². The Hall–Kier alpha value is -3.77. The first-order chi connectivity index (χ1) is 17.5. The summed E-state index contributed by atoms with van der Waals surface area (Å²) in [6, 6.07) is 23.8. The molecule has 1 aliphatic rings. The molecule has 1 fully saturated rings. The van der Waals surface area contributed by atoms with Gasteiger partial charge in [0.15, 0.2) is 0 Å².